The van der Waals surface area contributed by atoms with Crippen LogP contribution in [0.1, 0.15) is 29.7 Å². The van der Waals surface area contributed by atoms with E-state index in [1.807, 2.05) is 5.38 Å². The molecule has 17 heavy (non-hydrogen) atoms. The van der Waals surface area contributed by atoms with Crippen molar-refractivity contribution < 1.29 is 5.11 Å². The number of rotatable bonds is 2. The molecule has 1 heterocycles. The minimum Gasteiger partial charge on any atom is -0.390 e. The van der Waals surface area contributed by atoms with Crippen LogP contribution < -0.4 is 0 Å². The number of aliphatic hydroxyl groups excluding tert-OH is 1. The average Bonchev–Trinajstić information content (AvgIpc) is 2.87. The zero-order valence-electron chi connectivity index (χ0n) is 9.65. The predicted molar refractivity (Wildman–Crippen MR) is 70.1 cm³/mol. The minimum absolute atomic E-state index is 0.0292. The van der Waals surface area contributed by atoms with Crippen LogP contribution in [-0.2, 0) is 19.4 Å². The van der Waals surface area contributed by atoms with Crippen LogP contribution >= 0.6 is 11.3 Å². The van der Waals surface area contributed by atoms with Crippen molar-refractivity contribution in [2.24, 2.45) is 0 Å². The summed E-state index contributed by atoms with van der Waals surface area (Å²) in [5, 5.41) is 12.0. The SMILES string of the molecule is OCc1csc(-c2ccc3c(c2)CCCC3)n1. The van der Waals surface area contributed by atoms with Gasteiger partial charge in [-0.2, -0.15) is 0 Å². The lowest BCUT2D eigenvalue weighted by atomic mass is 9.90. The van der Waals surface area contributed by atoms with Gasteiger partial charge in [0.05, 0.1) is 12.3 Å². The van der Waals surface area contributed by atoms with Gasteiger partial charge in [-0.1, -0.05) is 12.1 Å². The van der Waals surface area contributed by atoms with Gasteiger partial charge in [0.2, 0.25) is 0 Å². The van der Waals surface area contributed by atoms with Gasteiger partial charge in [-0.15, -0.1) is 11.3 Å². The van der Waals surface area contributed by atoms with Gasteiger partial charge in [-0.25, -0.2) is 4.98 Å². The van der Waals surface area contributed by atoms with Gasteiger partial charge in [0.1, 0.15) is 5.01 Å². The highest BCUT2D eigenvalue weighted by Gasteiger charge is 2.11. The van der Waals surface area contributed by atoms with Crippen LogP contribution in [0.2, 0.25) is 0 Å². The molecule has 0 saturated heterocycles. The largest absolute Gasteiger partial charge is 0.390 e. The lowest BCUT2D eigenvalue weighted by Crippen LogP contribution is -2.02. The molecule has 0 atom stereocenters. The number of nitrogens with zero attached hydrogens (tertiary/aromatic N) is 1. The van der Waals surface area contributed by atoms with Crippen molar-refractivity contribution in [3.63, 3.8) is 0 Å². The van der Waals surface area contributed by atoms with Crippen molar-refractivity contribution in [2.75, 3.05) is 0 Å². The highest BCUT2D eigenvalue weighted by molar-refractivity contribution is 7.13. The Balaban J connectivity index is 1.97. The van der Waals surface area contributed by atoms with Crippen molar-refractivity contribution in [2.45, 2.75) is 32.3 Å². The van der Waals surface area contributed by atoms with Crippen molar-refractivity contribution in [1.29, 1.82) is 0 Å². The highest BCUT2D eigenvalue weighted by atomic mass is 32.1. The summed E-state index contributed by atoms with van der Waals surface area (Å²) in [7, 11) is 0. The van der Waals surface area contributed by atoms with E-state index in [-0.39, 0.29) is 6.61 Å². The Morgan fingerprint density at radius 3 is 2.76 bits per heavy atom. The molecule has 1 N–H and O–H groups in total. The second kappa shape index (κ2) is 4.59. The lowest BCUT2D eigenvalue weighted by molar-refractivity contribution is 0.278. The highest BCUT2D eigenvalue weighted by Crippen LogP contribution is 2.29. The molecule has 3 rings (SSSR count). The third kappa shape index (κ3) is 2.13. The van der Waals surface area contributed by atoms with Gasteiger partial charge < -0.3 is 5.11 Å². The monoisotopic (exact) mass is 245 g/mol. The molecule has 0 bridgehead atoms. The zero-order valence-corrected chi connectivity index (χ0v) is 10.5. The number of aryl methyl sites for hydroxylation is 2. The van der Waals surface area contributed by atoms with E-state index in [0.29, 0.717) is 0 Å². The standard InChI is InChI=1S/C14H15NOS/c16-8-13-9-17-14(15-13)12-6-5-10-3-1-2-4-11(10)7-12/h5-7,9,16H,1-4,8H2. The predicted octanol–water partition coefficient (Wildman–Crippen LogP) is 3.18. The molecule has 0 unspecified atom stereocenters. The first-order chi connectivity index (χ1) is 8.36. The van der Waals surface area contributed by atoms with Gasteiger partial charge in [-0.05, 0) is 42.9 Å². The summed E-state index contributed by atoms with van der Waals surface area (Å²) in [6.45, 7) is 0.0292. The maximum absolute atomic E-state index is 9.03. The Hall–Kier alpha value is -1.19. The minimum atomic E-state index is 0.0292. The molecule has 1 aliphatic rings. The smallest absolute Gasteiger partial charge is 0.123 e. The summed E-state index contributed by atoms with van der Waals surface area (Å²) < 4.78 is 0. The second-order valence-electron chi connectivity index (χ2n) is 4.49. The summed E-state index contributed by atoms with van der Waals surface area (Å²) in [5.74, 6) is 0. The van der Waals surface area contributed by atoms with Crippen molar-refractivity contribution >= 4 is 11.3 Å². The van der Waals surface area contributed by atoms with Crippen molar-refractivity contribution in [1.82, 2.24) is 4.98 Å². The molecule has 0 aliphatic heterocycles. The molecule has 1 aromatic heterocycles. The number of hydrogen-bond donors (Lipinski definition) is 1. The third-order valence-electron chi connectivity index (χ3n) is 3.31. The lowest BCUT2D eigenvalue weighted by Gasteiger charge is -2.15. The fourth-order valence-electron chi connectivity index (χ4n) is 2.38. The number of aromatic nitrogens is 1. The molecule has 0 amide bonds. The summed E-state index contributed by atoms with van der Waals surface area (Å²) in [6, 6.07) is 6.67. The molecule has 88 valence electrons. The molecule has 0 fully saturated rings. The normalized spacial score (nSPS) is 14.6. The van der Waals surface area contributed by atoms with E-state index in [2.05, 4.69) is 23.2 Å². The Bertz CT molecular complexity index is 533. The number of fused-ring (bicyclic) bond motifs is 1. The summed E-state index contributed by atoms with van der Waals surface area (Å²) in [6.07, 6.45) is 5.03. The van der Waals surface area contributed by atoms with Crippen LogP contribution in [0.15, 0.2) is 23.6 Å². The molecular formula is C14H15NOS. The van der Waals surface area contributed by atoms with Gasteiger partial charge in [-0.3, -0.25) is 0 Å². The van der Waals surface area contributed by atoms with E-state index in [9.17, 15) is 0 Å². The van der Waals surface area contributed by atoms with E-state index in [1.165, 1.54) is 42.4 Å². The fraction of sp³-hybridized carbons (Fsp3) is 0.357. The molecular weight excluding hydrogens is 230 g/mol. The Kier molecular flexibility index (Phi) is 2.95. The second-order valence-corrected chi connectivity index (χ2v) is 5.35. The molecule has 0 saturated carbocycles. The number of hydrogen-bond acceptors (Lipinski definition) is 3. The average molecular weight is 245 g/mol. The zero-order chi connectivity index (χ0) is 11.7. The molecule has 1 aliphatic carbocycles. The van der Waals surface area contributed by atoms with Crippen LogP contribution in [0.3, 0.4) is 0 Å². The van der Waals surface area contributed by atoms with Gasteiger partial charge in [0.15, 0.2) is 0 Å². The topological polar surface area (TPSA) is 33.1 Å². The number of thiazole rings is 1. The van der Waals surface area contributed by atoms with Crippen LogP contribution in [0.4, 0.5) is 0 Å². The van der Waals surface area contributed by atoms with Crippen LogP contribution in [-0.4, -0.2) is 10.1 Å². The quantitative estimate of drug-likeness (QED) is 0.881. The molecule has 1 aromatic carbocycles. The van der Waals surface area contributed by atoms with Crippen molar-refractivity contribution in [3.05, 3.63) is 40.4 Å². The summed E-state index contributed by atoms with van der Waals surface area (Å²) >= 11 is 1.61. The molecule has 2 aromatic rings. The number of benzene rings is 1. The summed E-state index contributed by atoms with van der Waals surface area (Å²) in [5.41, 5.74) is 4.94. The van der Waals surface area contributed by atoms with Gasteiger partial charge in [0.25, 0.3) is 0 Å². The van der Waals surface area contributed by atoms with Crippen LogP contribution in [0.5, 0.6) is 0 Å². The Morgan fingerprint density at radius 1 is 1.18 bits per heavy atom. The first-order valence-electron chi connectivity index (χ1n) is 6.04. The van der Waals surface area contributed by atoms with Gasteiger partial charge in [0, 0.05) is 10.9 Å². The van der Waals surface area contributed by atoms with E-state index >= 15 is 0 Å². The van der Waals surface area contributed by atoms with E-state index in [4.69, 9.17) is 5.11 Å². The molecule has 0 radical (unpaired) electrons. The molecule has 3 heteroatoms. The third-order valence-corrected chi connectivity index (χ3v) is 4.25. The first-order valence-corrected chi connectivity index (χ1v) is 6.92. The van der Waals surface area contributed by atoms with Crippen LogP contribution in [0.25, 0.3) is 10.6 Å². The number of aliphatic hydroxyl groups is 1. The van der Waals surface area contributed by atoms with Gasteiger partial charge >= 0.3 is 0 Å². The Morgan fingerprint density at radius 2 is 2.00 bits per heavy atom. The molecule has 0 spiro atoms. The van der Waals surface area contributed by atoms with Crippen molar-refractivity contribution in [3.8, 4) is 10.6 Å². The van der Waals surface area contributed by atoms with E-state index < -0.39 is 0 Å². The maximum atomic E-state index is 9.03. The van der Waals surface area contributed by atoms with Crippen LogP contribution in [0, 0.1) is 0 Å². The fourth-order valence-corrected chi connectivity index (χ4v) is 3.19. The van der Waals surface area contributed by atoms with E-state index in [1.54, 1.807) is 11.3 Å². The summed E-state index contributed by atoms with van der Waals surface area (Å²) in [4.78, 5) is 4.42. The molecule has 2 nitrogen and oxygen atoms in total. The Labute approximate surface area is 105 Å². The van der Waals surface area contributed by atoms with E-state index in [0.717, 1.165) is 10.7 Å². The first kappa shape index (κ1) is 10.9. The maximum Gasteiger partial charge on any atom is 0.123 e.